The summed E-state index contributed by atoms with van der Waals surface area (Å²) in [6, 6.07) is 3.62. The average Bonchev–Trinajstić information content (AvgIpc) is 3.25. The number of aromatic nitrogens is 5. The minimum absolute atomic E-state index is 0.0507. The third kappa shape index (κ3) is 2.73. The number of rotatable bonds is 2. The first kappa shape index (κ1) is 16.8. The Balaban J connectivity index is 1.66. The molecule has 2 N–H and O–H groups in total. The standard InChI is InChI=1S/C17H17N7O3/c1-10-15(11-6-14(25)16-12(7-18)8-19-23(16)9-11)20-21-24(10)13-2-4-22(5-3-13)17(26)27/h6,8-9,13,25H,2-5H2,1H3,(H,26,27). The second kappa shape index (κ2) is 6.28. The molecule has 3 aromatic rings. The maximum Gasteiger partial charge on any atom is 0.407 e. The predicted molar refractivity (Wildman–Crippen MR) is 93.2 cm³/mol. The molecule has 0 radical (unpaired) electrons. The monoisotopic (exact) mass is 367 g/mol. The fourth-order valence-electron chi connectivity index (χ4n) is 3.57. The summed E-state index contributed by atoms with van der Waals surface area (Å²) in [7, 11) is 0. The molecule has 27 heavy (non-hydrogen) atoms. The van der Waals surface area contributed by atoms with Gasteiger partial charge in [0.15, 0.2) is 0 Å². The Hall–Kier alpha value is -3.61. The van der Waals surface area contributed by atoms with Crippen LogP contribution in [0.5, 0.6) is 5.75 Å². The van der Waals surface area contributed by atoms with Crippen molar-refractivity contribution in [3.8, 4) is 23.1 Å². The Morgan fingerprint density at radius 1 is 1.37 bits per heavy atom. The van der Waals surface area contributed by atoms with Crippen molar-refractivity contribution < 1.29 is 15.0 Å². The number of carboxylic acid groups (broad SMARTS) is 1. The van der Waals surface area contributed by atoms with E-state index in [1.165, 1.54) is 15.6 Å². The third-order valence-electron chi connectivity index (χ3n) is 4.99. The van der Waals surface area contributed by atoms with Gasteiger partial charge >= 0.3 is 6.09 Å². The molecule has 4 heterocycles. The number of pyridine rings is 1. The highest BCUT2D eigenvalue weighted by Crippen LogP contribution is 2.31. The van der Waals surface area contributed by atoms with E-state index in [2.05, 4.69) is 15.4 Å². The summed E-state index contributed by atoms with van der Waals surface area (Å²) < 4.78 is 3.27. The highest BCUT2D eigenvalue weighted by atomic mass is 16.4. The molecule has 3 aromatic heterocycles. The molecule has 0 aromatic carbocycles. The summed E-state index contributed by atoms with van der Waals surface area (Å²) >= 11 is 0. The zero-order chi connectivity index (χ0) is 19.1. The summed E-state index contributed by atoms with van der Waals surface area (Å²) in [5, 5.41) is 41.1. The summed E-state index contributed by atoms with van der Waals surface area (Å²) in [6.45, 7) is 2.82. The van der Waals surface area contributed by atoms with Gasteiger partial charge in [-0.15, -0.1) is 5.10 Å². The number of nitriles is 1. The van der Waals surface area contributed by atoms with Crippen LogP contribution in [0.4, 0.5) is 4.79 Å². The van der Waals surface area contributed by atoms with Gasteiger partial charge in [-0.1, -0.05) is 5.21 Å². The predicted octanol–water partition coefficient (Wildman–Crippen LogP) is 1.79. The minimum atomic E-state index is -0.899. The smallest absolute Gasteiger partial charge is 0.407 e. The lowest BCUT2D eigenvalue weighted by molar-refractivity contribution is 0.123. The lowest BCUT2D eigenvalue weighted by Gasteiger charge is -2.30. The Morgan fingerprint density at radius 2 is 2.11 bits per heavy atom. The van der Waals surface area contributed by atoms with Gasteiger partial charge in [0, 0.05) is 24.8 Å². The van der Waals surface area contributed by atoms with Gasteiger partial charge in [0.2, 0.25) is 0 Å². The van der Waals surface area contributed by atoms with Gasteiger partial charge in [0.1, 0.15) is 28.6 Å². The summed E-state index contributed by atoms with van der Waals surface area (Å²) in [5.41, 5.74) is 2.73. The average molecular weight is 367 g/mol. The van der Waals surface area contributed by atoms with Crippen molar-refractivity contribution in [3.05, 3.63) is 29.7 Å². The Labute approximate surface area is 153 Å². The molecule has 1 amide bonds. The van der Waals surface area contributed by atoms with E-state index < -0.39 is 6.09 Å². The number of carbonyl (C=O) groups is 1. The summed E-state index contributed by atoms with van der Waals surface area (Å²) in [4.78, 5) is 12.5. The van der Waals surface area contributed by atoms with Crippen molar-refractivity contribution in [1.82, 2.24) is 29.5 Å². The first-order chi connectivity index (χ1) is 13.0. The number of nitrogens with zero attached hydrogens (tertiary/aromatic N) is 7. The molecule has 0 atom stereocenters. The Morgan fingerprint density at radius 3 is 2.78 bits per heavy atom. The molecule has 1 aliphatic heterocycles. The van der Waals surface area contributed by atoms with Crippen molar-refractivity contribution in [3.63, 3.8) is 0 Å². The molecular formula is C17H17N7O3. The molecule has 10 nitrogen and oxygen atoms in total. The fourth-order valence-corrected chi connectivity index (χ4v) is 3.57. The minimum Gasteiger partial charge on any atom is -0.506 e. The SMILES string of the molecule is Cc1c(-c2cc(O)c3c(C#N)cnn3c2)nnn1C1CCN(C(=O)O)CC1. The van der Waals surface area contributed by atoms with Crippen molar-refractivity contribution in [2.24, 2.45) is 0 Å². The van der Waals surface area contributed by atoms with Crippen molar-refractivity contribution in [1.29, 1.82) is 5.26 Å². The van der Waals surface area contributed by atoms with Crippen LogP contribution in [-0.4, -0.2) is 58.9 Å². The second-order valence-electron chi connectivity index (χ2n) is 6.55. The second-order valence-corrected chi connectivity index (χ2v) is 6.55. The molecule has 0 aliphatic carbocycles. The van der Waals surface area contributed by atoms with Crippen LogP contribution in [0, 0.1) is 18.3 Å². The van der Waals surface area contributed by atoms with Gasteiger partial charge in [-0.2, -0.15) is 10.4 Å². The van der Waals surface area contributed by atoms with E-state index in [9.17, 15) is 9.90 Å². The van der Waals surface area contributed by atoms with Gasteiger partial charge in [-0.05, 0) is 25.8 Å². The number of hydrogen-bond donors (Lipinski definition) is 2. The van der Waals surface area contributed by atoms with Crippen LogP contribution in [0.25, 0.3) is 16.8 Å². The van der Waals surface area contributed by atoms with Crippen LogP contribution in [0.2, 0.25) is 0 Å². The molecule has 1 saturated heterocycles. The van der Waals surface area contributed by atoms with E-state index in [1.54, 1.807) is 12.3 Å². The lowest BCUT2D eigenvalue weighted by Crippen LogP contribution is -2.38. The molecule has 10 heteroatoms. The van der Waals surface area contributed by atoms with Gasteiger partial charge in [0.25, 0.3) is 0 Å². The number of likely N-dealkylation sites (tertiary alicyclic amines) is 1. The van der Waals surface area contributed by atoms with Crippen LogP contribution < -0.4 is 0 Å². The molecule has 1 aliphatic rings. The van der Waals surface area contributed by atoms with Gasteiger partial charge < -0.3 is 15.1 Å². The van der Waals surface area contributed by atoms with Crippen LogP contribution in [0.3, 0.4) is 0 Å². The molecule has 0 spiro atoms. The number of amides is 1. The zero-order valence-electron chi connectivity index (χ0n) is 14.6. The number of aromatic hydroxyl groups is 1. The first-order valence-corrected chi connectivity index (χ1v) is 8.50. The van der Waals surface area contributed by atoms with Crippen LogP contribution in [-0.2, 0) is 0 Å². The molecule has 138 valence electrons. The highest BCUT2D eigenvalue weighted by molar-refractivity contribution is 5.74. The van der Waals surface area contributed by atoms with E-state index in [4.69, 9.17) is 10.4 Å². The van der Waals surface area contributed by atoms with Crippen molar-refractivity contribution in [2.45, 2.75) is 25.8 Å². The van der Waals surface area contributed by atoms with Gasteiger partial charge in [-0.25, -0.2) is 14.0 Å². The van der Waals surface area contributed by atoms with E-state index in [0.29, 0.717) is 48.3 Å². The van der Waals surface area contributed by atoms with E-state index in [0.717, 1.165) is 5.69 Å². The van der Waals surface area contributed by atoms with E-state index in [1.807, 2.05) is 17.7 Å². The third-order valence-corrected chi connectivity index (χ3v) is 4.99. The maximum atomic E-state index is 11.1. The topological polar surface area (TPSA) is 133 Å². The normalized spacial score (nSPS) is 15.2. The van der Waals surface area contributed by atoms with Crippen LogP contribution in [0.1, 0.15) is 30.1 Å². The molecule has 0 saturated carbocycles. The molecular weight excluding hydrogens is 350 g/mol. The van der Waals surface area contributed by atoms with Gasteiger partial charge in [-0.3, -0.25) is 0 Å². The van der Waals surface area contributed by atoms with Crippen LogP contribution >= 0.6 is 0 Å². The molecule has 0 unspecified atom stereocenters. The van der Waals surface area contributed by atoms with Gasteiger partial charge in [0.05, 0.1) is 17.9 Å². The quantitative estimate of drug-likeness (QED) is 0.705. The first-order valence-electron chi connectivity index (χ1n) is 8.50. The maximum absolute atomic E-state index is 11.1. The highest BCUT2D eigenvalue weighted by Gasteiger charge is 2.26. The number of piperidine rings is 1. The van der Waals surface area contributed by atoms with E-state index in [-0.39, 0.29) is 11.8 Å². The molecule has 1 fully saturated rings. The van der Waals surface area contributed by atoms with Crippen molar-refractivity contribution >= 4 is 11.6 Å². The Kier molecular flexibility index (Phi) is 3.92. The lowest BCUT2D eigenvalue weighted by atomic mass is 10.0. The summed E-state index contributed by atoms with van der Waals surface area (Å²) in [6.07, 6.45) is 3.54. The fraction of sp³-hybridized carbons (Fsp3) is 0.353. The largest absolute Gasteiger partial charge is 0.506 e. The van der Waals surface area contributed by atoms with Crippen LogP contribution in [0.15, 0.2) is 18.5 Å². The molecule has 0 bridgehead atoms. The number of hydrogen-bond acceptors (Lipinski definition) is 6. The zero-order valence-corrected chi connectivity index (χ0v) is 14.6. The van der Waals surface area contributed by atoms with E-state index >= 15 is 0 Å². The Bertz CT molecular complexity index is 1070. The number of fused-ring (bicyclic) bond motifs is 1. The van der Waals surface area contributed by atoms with Crippen molar-refractivity contribution in [2.75, 3.05) is 13.1 Å². The molecule has 4 rings (SSSR count). The summed E-state index contributed by atoms with van der Waals surface area (Å²) in [5.74, 6) is -0.0507.